The zero-order chi connectivity index (χ0) is 13.1. The van der Waals surface area contributed by atoms with Gasteiger partial charge in [0.2, 0.25) is 10.0 Å². The molecule has 0 radical (unpaired) electrons. The fourth-order valence-corrected chi connectivity index (χ4v) is 2.88. The topological polar surface area (TPSA) is 66.4 Å². The van der Waals surface area contributed by atoms with E-state index in [-0.39, 0.29) is 24.0 Å². The lowest BCUT2D eigenvalue weighted by Crippen LogP contribution is -2.29. The molecule has 1 unspecified atom stereocenters. The highest BCUT2D eigenvalue weighted by Gasteiger charge is 2.15. The van der Waals surface area contributed by atoms with Gasteiger partial charge in [-0.2, -0.15) is 0 Å². The molecular formula is C10H13BrClNO3S. The molecule has 0 aliphatic rings. The van der Waals surface area contributed by atoms with Gasteiger partial charge in [-0.1, -0.05) is 18.5 Å². The Labute approximate surface area is 114 Å². The van der Waals surface area contributed by atoms with Crippen LogP contribution in [0.2, 0.25) is 5.02 Å². The van der Waals surface area contributed by atoms with Gasteiger partial charge in [0, 0.05) is 17.6 Å². The SMILES string of the molecule is CC(CO)CNS(=O)(=O)c1ccc(Cl)c(Br)c1. The molecule has 1 aromatic rings. The maximum atomic E-state index is 11.9. The van der Waals surface area contributed by atoms with Gasteiger partial charge in [0.15, 0.2) is 0 Å². The van der Waals surface area contributed by atoms with Crippen molar-refractivity contribution >= 4 is 37.6 Å². The van der Waals surface area contributed by atoms with Crippen molar-refractivity contribution in [1.29, 1.82) is 0 Å². The molecule has 96 valence electrons. The van der Waals surface area contributed by atoms with E-state index in [0.29, 0.717) is 9.50 Å². The number of aliphatic hydroxyl groups excluding tert-OH is 1. The summed E-state index contributed by atoms with van der Waals surface area (Å²) in [6.45, 7) is 1.88. The first-order valence-corrected chi connectivity index (χ1v) is 7.58. The summed E-state index contributed by atoms with van der Waals surface area (Å²) in [5.74, 6) is -0.125. The second kappa shape index (κ2) is 6.15. The van der Waals surface area contributed by atoms with Crippen LogP contribution in [0.1, 0.15) is 6.92 Å². The van der Waals surface area contributed by atoms with Gasteiger partial charge >= 0.3 is 0 Å². The van der Waals surface area contributed by atoms with Gasteiger partial charge in [0.1, 0.15) is 0 Å². The zero-order valence-electron chi connectivity index (χ0n) is 9.15. The van der Waals surface area contributed by atoms with Gasteiger partial charge in [-0.05, 0) is 40.0 Å². The molecule has 0 saturated carbocycles. The largest absolute Gasteiger partial charge is 0.396 e. The van der Waals surface area contributed by atoms with E-state index in [2.05, 4.69) is 20.7 Å². The average Bonchev–Trinajstić information content (AvgIpc) is 2.29. The van der Waals surface area contributed by atoms with Crippen LogP contribution >= 0.6 is 27.5 Å². The van der Waals surface area contributed by atoms with Crippen LogP contribution < -0.4 is 4.72 Å². The molecule has 0 bridgehead atoms. The molecule has 4 nitrogen and oxygen atoms in total. The molecule has 0 saturated heterocycles. The fourth-order valence-electron chi connectivity index (χ4n) is 1.04. The number of hydrogen-bond donors (Lipinski definition) is 2. The summed E-state index contributed by atoms with van der Waals surface area (Å²) in [7, 11) is -3.55. The van der Waals surface area contributed by atoms with Gasteiger partial charge in [-0.3, -0.25) is 0 Å². The summed E-state index contributed by atoms with van der Waals surface area (Å²) in [4.78, 5) is 0.138. The molecule has 0 aliphatic carbocycles. The summed E-state index contributed by atoms with van der Waals surface area (Å²) in [5, 5.41) is 9.27. The Balaban J connectivity index is 2.86. The Morgan fingerprint density at radius 3 is 2.71 bits per heavy atom. The van der Waals surface area contributed by atoms with Crippen molar-refractivity contribution in [2.24, 2.45) is 5.92 Å². The smallest absolute Gasteiger partial charge is 0.240 e. The Morgan fingerprint density at radius 2 is 2.18 bits per heavy atom. The molecule has 17 heavy (non-hydrogen) atoms. The molecule has 0 aromatic heterocycles. The second-order valence-electron chi connectivity index (χ2n) is 3.72. The van der Waals surface area contributed by atoms with E-state index < -0.39 is 10.0 Å². The molecule has 1 atom stereocenters. The third kappa shape index (κ3) is 4.22. The Hall–Kier alpha value is -0.140. The van der Waals surface area contributed by atoms with Crippen molar-refractivity contribution in [3.05, 3.63) is 27.7 Å². The highest BCUT2D eigenvalue weighted by Crippen LogP contribution is 2.25. The first-order valence-electron chi connectivity index (χ1n) is 4.92. The molecule has 0 aliphatic heterocycles. The number of sulfonamides is 1. The number of aliphatic hydroxyl groups is 1. The first-order chi connectivity index (χ1) is 7.86. The van der Waals surface area contributed by atoms with Crippen molar-refractivity contribution in [3.8, 4) is 0 Å². The molecule has 0 heterocycles. The molecule has 1 rings (SSSR count). The van der Waals surface area contributed by atoms with E-state index >= 15 is 0 Å². The van der Waals surface area contributed by atoms with Crippen molar-refractivity contribution in [1.82, 2.24) is 4.72 Å². The minimum absolute atomic E-state index is 0.0627. The number of benzene rings is 1. The fraction of sp³-hybridized carbons (Fsp3) is 0.400. The maximum absolute atomic E-state index is 11.9. The predicted molar refractivity (Wildman–Crippen MR) is 70.6 cm³/mol. The van der Waals surface area contributed by atoms with E-state index in [1.165, 1.54) is 18.2 Å². The van der Waals surface area contributed by atoms with Crippen LogP contribution in [0.5, 0.6) is 0 Å². The van der Waals surface area contributed by atoms with Crippen LogP contribution in [0.4, 0.5) is 0 Å². The molecule has 2 N–H and O–H groups in total. The van der Waals surface area contributed by atoms with E-state index in [1.807, 2.05) is 0 Å². The van der Waals surface area contributed by atoms with E-state index in [9.17, 15) is 8.42 Å². The highest BCUT2D eigenvalue weighted by molar-refractivity contribution is 9.10. The lowest BCUT2D eigenvalue weighted by molar-refractivity contribution is 0.238. The molecule has 0 fully saturated rings. The van der Waals surface area contributed by atoms with Gasteiger partial charge in [-0.15, -0.1) is 0 Å². The summed E-state index contributed by atoms with van der Waals surface area (Å²) in [5.41, 5.74) is 0. The molecular weight excluding hydrogens is 330 g/mol. The zero-order valence-corrected chi connectivity index (χ0v) is 12.3. The van der Waals surface area contributed by atoms with Gasteiger partial charge in [0.25, 0.3) is 0 Å². The van der Waals surface area contributed by atoms with Crippen LogP contribution in [0, 0.1) is 5.92 Å². The Kier molecular flexibility index (Phi) is 5.40. The lowest BCUT2D eigenvalue weighted by atomic mass is 10.2. The van der Waals surface area contributed by atoms with Crippen LogP contribution in [0.15, 0.2) is 27.6 Å². The quantitative estimate of drug-likeness (QED) is 0.860. The Morgan fingerprint density at radius 1 is 1.53 bits per heavy atom. The predicted octanol–water partition coefficient (Wildman–Crippen LogP) is 2.01. The van der Waals surface area contributed by atoms with Crippen molar-refractivity contribution in [2.75, 3.05) is 13.2 Å². The molecule has 1 aromatic carbocycles. The minimum atomic E-state index is -3.55. The van der Waals surface area contributed by atoms with E-state index in [0.717, 1.165) is 0 Å². The van der Waals surface area contributed by atoms with Gasteiger partial charge in [-0.25, -0.2) is 13.1 Å². The standard InChI is InChI=1S/C10H13BrClNO3S/c1-7(6-14)5-13-17(15,16)8-2-3-10(12)9(11)4-8/h2-4,7,13-14H,5-6H2,1H3. The maximum Gasteiger partial charge on any atom is 0.240 e. The number of nitrogens with one attached hydrogen (secondary N) is 1. The third-order valence-corrected chi connectivity index (χ3v) is 4.77. The van der Waals surface area contributed by atoms with E-state index in [1.54, 1.807) is 6.92 Å². The Bertz CT molecular complexity index is 492. The van der Waals surface area contributed by atoms with Crippen molar-refractivity contribution in [2.45, 2.75) is 11.8 Å². The number of halogens is 2. The average molecular weight is 343 g/mol. The number of hydrogen-bond acceptors (Lipinski definition) is 3. The summed E-state index contributed by atoms with van der Waals surface area (Å²) in [6, 6.07) is 4.38. The summed E-state index contributed by atoms with van der Waals surface area (Å²) < 4.78 is 26.7. The van der Waals surface area contributed by atoms with E-state index in [4.69, 9.17) is 16.7 Å². The van der Waals surface area contributed by atoms with Crippen molar-refractivity contribution < 1.29 is 13.5 Å². The normalized spacial score (nSPS) is 13.6. The first kappa shape index (κ1) is 14.9. The van der Waals surface area contributed by atoms with Crippen LogP contribution in [0.25, 0.3) is 0 Å². The van der Waals surface area contributed by atoms with Gasteiger partial charge in [0.05, 0.1) is 9.92 Å². The second-order valence-corrected chi connectivity index (χ2v) is 6.74. The lowest BCUT2D eigenvalue weighted by Gasteiger charge is -2.10. The summed E-state index contributed by atoms with van der Waals surface area (Å²) >= 11 is 8.95. The van der Waals surface area contributed by atoms with Gasteiger partial charge < -0.3 is 5.11 Å². The van der Waals surface area contributed by atoms with Crippen LogP contribution in [-0.2, 0) is 10.0 Å². The molecule has 0 spiro atoms. The monoisotopic (exact) mass is 341 g/mol. The summed E-state index contributed by atoms with van der Waals surface area (Å²) in [6.07, 6.45) is 0. The number of rotatable bonds is 5. The van der Waals surface area contributed by atoms with Crippen molar-refractivity contribution in [3.63, 3.8) is 0 Å². The van der Waals surface area contributed by atoms with Crippen LogP contribution in [0.3, 0.4) is 0 Å². The minimum Gasteiger partial charge on any atom is -0.396 e. The highest BCUT2D eigenvalue weighted by atomic mass is 79.9. The molecule has 0 amide bonds. The molecule has 7 heteroatoms. The van der Waals surface area contributed by atoms with Crippen LogP contribution in [-0.4, -0.2) is 26.7 Å². The third-order valence-electron chi connectivity index (χ3n) is 2.13.